The van der Waals surface area contributed by atoms with Gasteiger partial charge in [-0.25, -0.2) is 0 Å². The van der Waals surface area contributed by atoms with E-state index in [0.29, 0.717) is 6.17 Å². The molecule has 0 saturated heterocycles. The fraction of sp³-hybridized carbons (Fsp3) is 0.250. The lowest BCUT2D eigenvalue weighted by Crippen LogP contribution is -2.18. The maximum Gasteiger partial charge on any atom is 0.103 e. The Balaban J connectivity index is 2.20. The molecule has 0 saturated carbocycles. The highest BCUT2D eigenvalue weighted by molar-refractivity contribution is 5.03. The quantitative estimate of drug-likeness (QED) is 0.570. The van der Waals surface area contributed by atoms with Crippen LogP contribution in [0.2, 0.25) is 0 Å². The third-order valence-corrected chi connectivity index (χ3v) is 1.71. The fourth-order valence-corrected chi connectivity index (χ4v) is 1.19. The molecule has 0 bridgehead atoms. The Bertz CT molecular complexity index is 223. The highest BCUT2D eigenvalue weighted by Gasteiger charge is 2.06. The van der Waals surface area contributed by atoms with E-state index in [1.54, 1.807) is 0 Å². The van der Waals surface area contributed by atoms with Crippen LogP contribution in [-0.2, 0) is 0 Å². The van der Waals surface area contributed by atoms with E-state index in [9.17, 15) is 0 Å². The van der Waals surface area contributed by atoms with Gasteiger partial charge in [-0.1, -0.05) is 12.2 Å². The average Bonchev–Trinajstić information content (AvgIpc) is 2.59. The van der Waals surface area contributed by atoms with E-state index in [-0.39, 0.29) is 0 Å². The van der Waals surface area contributed by atoms with Crippen molar-refractivity contribution in [1.29, 1.82) is 0 Å². The molecule has 0 radical (unpaired) electrons. The summed E-state index contributed by atoms with van der Waals surface area (Å²) in [6.07, 6.45) is 8.82. The highest BCUT2D eigenvalue weighted by atomic mass is 15.2. The summed E-state index contributed by atoms with van der Waals surface area (Å²) in [7, 11) is 0. The van der Waals surface area contributed by atoms with Gasteiger partial charge in [0.1, 0.15) is 6.17 Å². The van der Waals surface area contributed by atoms with Crippen molar-refractivity contribution >= 4 is 0 Å². The molecule has 52 valence electrons. The molecule has 1 aliphatic rings. The van der Waals surface area contributed by atoms with E-state index in [0.717, 1.165) is 6.54 Å². The molecule has 2 heteroatoms. The molecular weight excluding hydrogens is 124 g/mol. The molecule has 1 atom stereocenters. The summed E-state index contributed by atoms with van der Waals surface area (Å²) in [6, 6.07) is 4.07. The van der Waals surface area contributed by atoms with Crippen molar-refractivity contribution in [2.45, 2.75) is 6.17 Å². The Labute approximate surface area is 60.2 Å². The molecule has 2 heterocycles. The van der Waals surface area contributed by atoms with Crippen molar-refractivity contribution in [3.63, 3.8) is 0 Å². The zero-order valence-corrected chi connectivity index (χ0v) is 5.70. The topological polar surface area (TPSA) is 17.0 Å². The van der Waals surface area contributed by atoms with Crippen molar-refractivity contribution in [1.82, 2.24) is 9.88 Å². The Kier molecular flexibility index (Phi) is 1.32. The summed E-state index contributed by atoms with van der Waals surface area (Å²) in [5.41, 5.74) is 0. The highest BCUT2D eigenvalue weighted by Crippen LogP contribution is 2.08. The van der Waals surface area contributed by atoms with Crippen molar-refractivity contribution in [2.75, 3.05) is 6.54 Å². The smallest absolute Gasteiger partial charge is 0.103 e. The zero-order chi connectivity index (χ0) is 6.81. The first-order valence-corrected chi connectivity index (χ1v) is 3.49. The van der Waals surface area contributed by atoms with Gasteiger partial charge < -0.3 is 4.57 Å². The fourth-order valence-electron chi connectivity index (χ4n) is 1.19. The predicted octanol–water partition coefficient (Wildman–Crippen LogP) is 1.15. The molecule has 10 heavy (non-hydrogen) atoms. The largest absolute Gasteiger partial charge is 0.335 e. The van der Waals surface area contributed by atoms with Gasteiger partial charge in [-0.05, 0) is 12.1 Å². The molecule has 0 aliphatic carbocycles. The van der Waals surface area contributed by atoms with Gasteiger partial charge in [-0.3, -0.25) is 5.32 Å². The summed E-state index contributed by atoms with van der Waals surface area (Å²) in [4.78, 5) is 0. The molecule has 1 unspecified atom stereocenters. The minimum Gasteiger partial charge on any atom is -0.335 e. The van der Waals surface area contributed by atoms with E-state index in [1.807, 2.05) is 12.1 Å². The predicted molar refractivity (Wildman–Crippen MR) is 40.6 cm³/mol. The summed E-state index contributed by atoms with van der Waals surface area (Å²) in [6.45, 7) is 0.989. The minimum absolute atomic E-state index is 0.384. The molecule has 1 aromatic heterocycles. The third-order valence-electron chi connectivity index (χ3n) is 1.71. The third kappa shape index (κ3) is 0.866. The first kappa shape index (κ1) is 5.74. The summed E-state index contributed by atoms with van der Waals surface area (Å²) in [5, 5.41) is 3.31. The van der Waals surface area contributed by atoms with Crippen molar-refractivity contribution in [3.05, 3.63) is 36.7 Å². The summed E-state index contributed by atoms with van der Waals surface area (Å²) in [5.74, 6) is 0. The van der Waals surface area contributed by atoms with E-state index >= 15 is 0 Å². The SMILES string of the molecule is C1=CC(n2cccc2)NC1. The monoisotopic (exact) mass is 134 g/mol. The van der Waals surface area contributed by atoms with Crippen LogP contribution >= 0.6 is 0 Å². The standard InChI is InChI=1S/C8H10N2/c1-2-7-10(6-1)8-4-3-5-9-8/h1-4,6-9H,5H2. The number of aromatic nitrogens is 1. The normalized spacial score (nSPS) is 23.8. The molecule has 0 aromatic carbocycles. The number of nitrogens with zero attached hydrogens (tertiary/aromatic N) is 1. The Morgan fingerprint density at radius 3 is 2.70 bits per heavy atom. The van der Waals surface area contributed by atoms with Crippen LogP contribution in [0.4, 0.5) is 0 Å². The number of hydrogen-bond acceptors (Lipinski definition) is 1. The van der Waals surface area contributed by atoms with Crippen molar-refractivity contribution in [3.8, 4) is 0 Å². The van der Waals surface area contributed by atoms with Crippen LogP contribution < -0.4 is 5.32 Å². The van der Waals surface area contributed by atoms with Gasteiger partial charge >= 0.3 is 0 Å². The van der Waals surface area contributed by atoms with Crippen molar-refractivity contribution < 1.29 is 0 Å². The Morgan fingerprint density at radius 2 is 2.10 bits per heavy atom. The van der Waals surface area contributed by atoms with Crippen molar-refractivity contribution in [2.24, 2.45) is 0 Å². The van der Waals surface area contributed by atoms with E-state index in [4.69, 9.17) is 0 Å². The second-order valence-corrected chi connectivity index (χ2v) is 2.41. The average molecular weight is 134 g/mol. The lowest BCUT2D eigenvalue weighted by molar-refractivity contribution is 0.535. The molecule has 2 rings (SSSR count). The second-order valence-electron chi connectivity index (χ2n) is 2.41. The first-order valence-electron chi connectivity index (χ1n) is 3.49. The molecule has 1 N–H and O–H groups in total. The van der Waals surface area contributed by atoms with Crippen LogP contribution in [0.15, 0.2) is 36.7 Å². The van der Waals surface area contributed by atoms with Crippen LogP contribution in [0, 0.1) is 0 Å². The molecule has 2 nitrogen and oxygen atoms in total. The van der Waals surface area contributed by atoms with E-state index in [2.05, 4.69) is 34.4 Å². The summed E-state index contributed by atoms with van der Waals surface area (Å²) < 4.78 is 2.14. The van der Waals surface area contributed by atoms with Gasteiger partial charge in [0.15, 0.2) is 0 Å². The molecule has 1 aromatic rings. The molecule has 0 amide bonds. The summed E-state index contributed by atoms with van der Waals surface area (Å²) >= 11 is 0. The maximum atomic E-state index is 3.31. The Hall–Kier alpha value is -1.02. The lowest BCUT2D eigenvalue weighted by Gasteiger charge is -2.09. The number of nitrogens with one attached hydrogen (secondary N) is 1. The van der Waals surface area contributed by atoms with Gasteiger partial charge in [0, 0.05) is 18.9 Å². The van der Waals surface area contributed by atoms with Gasteiger partial charge in [-0.15, -0.1) is 0 Å². The first-order chi connectivity index (χ1) is 4.97. The van der Waals surface area contributed by atoms with Crippen LogP contribution in [-0.4, -0.2) is 11.1 Å². The maximum absolute atomic E-state index is 3.31. The Morgan fingerprint density at radius 1 is 1.30 bits per heavy atom. The zero-order valence-electron chi connectivity index (χ0n) is 5.70. The molecule has 0 spiro atoms. The van der Waals surface area contributed by atoms with Crippen LogP contribution in [0.3, 0.4) is 0 Å². The minimum atomic E-state index is 0.384. The van der Waals surface area contributed by atoms with Gasteiger partial charge in [0.2, 0.25) is 0 Å². The molecule has 1 aliphatic heterocycles. The van der Waals surface area contributed by atoms with Crippen LogP contribution in [0.25, 0.3) is 0 Å². The molecular formula is C8H10N2. The lowest BCUT2D eigenvalue weighted by atomic mass is 10.5. The van der Waals surface area contributed by atoms with Crippen LogP contribution in [0.5, 0.6) is 0 Å². The van der Waals surface area contributed by atoms with Gasteiger partial charge in [0.25, 0.3) is 0 Å². The molecule has 0 fully saturated rings. The van der Waals surface area contributed by atoms with E-state index < -0.39 is 0 Å². The van der Waals surface area contributed by atoms with Gasteiger partial charge in [0.05, 0.1) is 0 Å². The van der Waals surface area contributed by atoms with Gasteiger partial charge in [-0.2, -0.15) is 0 Å². The van der Waals surface area contributed by atoms with E-state index in [1.165, 1.54) is 0 Å². The van der Waals surface area contributed by atoms with Crippen LogP contribution in [0.1, 0.15) is 6.17 Å². The second kappa shape index (κ2) is 2.31. The number of rotatable bonds is 1. The number of hydrogen-bond donors (Lipinski definition) is 1.